The van der Waals surface area contributed by atoms with Crippen LogP contribution in [-0.2, 0) is 0 Å². The van der Waals surface area contributed by atoms with Gasteiger partial charge in [0.15, 0.2) is 0 Å². The number of halogens is 2. The molecule has 0 bridgehead atoms. The second-order valence-electron chi connectivity index (χ2n) is 4.36. The molecular formula is C12H15BrFNO. The topological polar surface area (TPSA) is 33.1 Å². The number of nitrogens with zero attached hydrogens (tertiary/aromatic N) is 1. The molecule has 1 atom stereocenters. The van der Waals surface area contributed by atoms with Gasteiger partial charge in [-0.2, -0.15) is 0 Å². The molecule has 1 aromatic heterocycles. The molecular weight excluding hydrogens is 273 g/mol. The van der Waals surface area contributed by atoms with Gasteiger partial charge in [-0.3, -0.25) is 4.98 Å². The molecule has 1 aliphatic rings. The fourth-order valence-electron chi connectivity index (χ4n) is 2.39. The Bertz CT molecular complexity index is 346. The molecule has 0 aliphatic heterocycles. The fourth-order valence-corrected chi connectivity index (χ4v) is 2.93. The van der Waals surface area contributed by atoms with Crippen LogP contribution in [0.5, 0.6) is 0 Å². The number of hydrogen-bond donors (Lipinski definition) is 1. The summed E-state index contributed by atoms with van der Waals surface area (Å²) in [7, 11) is 0. The Morgan fingerprint density at radius 1 is 1.31 bits per heavy atom. The molecule has 1 N–H and O–H groups in total. The summed E-state index contributed by atoms with van der Waals surface area (Å²) in [4.78, 5) is 3.74. The van der Waals surface area contributed by atoms with E-state index in [1.807, 2.05) is 0 Å². The molecule has 1 saturated carbocycles. The minimum atomic E-state index is -0.710. The molecule has 1 heterocycles. The largest absolute Gasteiger partial charge is 0.388 e. The molecule has 0 saturated heterocycles. The van der Waals surface area contributed by atoms with E-state index in [9.17, 15) is 9.50 Å². The first-order chi connectivity index (χ1) is 7.70. The first kappa shape index (κ1) is 12.0. The van der Waals surface area contributed by atoms with Crippen LogP contribution in [0.1, 0.15) is 43.8 Å². The van der Waals surface area contributed by atoms with Crippen LogP contribution < -0.4 is 0 Å². The lowest BCUT2D eigenvalue weighted by Gasteiger charge is -2.27. The monoisotopic (exact) mass is 287 g/mol. The molecule has 4 heteroatoms. The van der Waals surface area contributed by atoms with Crippen molar-refractivity contribution in [1.29, 1.82) is 0 Å². The average molecular weight is 288 g/mol. The molecule has 0 radical (unpaired) electrons. The van der Waals surface area contributed by atoms with E-state index in [-0.39, 0.29) is 5.92 Å². The summed E-state index contributed by atoms with van der Waals surface area (Å²) in [5.74, 6) is -0.241. The molecule has 1 fully saturated rings. The zero-order valence-corrected chi connectivity index (χ0v) is 10.6. The number of aliphatic hydroxyl groups excluding tert-OH is 1. The van der Waals surface area contributed by atoms with Gasteiger partial charge in [0.2, 0.25) is 0 Å². The third kappa shape index (κ3) is 2.43. The molecule has 2 nitrogen and oxygen atoms in total. The Morgan fingerprint density at radius 2 is 2.00 bits per heavy atom. The van der Waals surface area contributed by atoms with Crippen LogP contribution >= 0.6 is 15.9 Å². The van der Waals surface area contributed by atoms with E-state index in [1.165, 1.54) is 12.6 Å². The number of aliphatic hydroxyl groups is 1. The molecule has 2 rings (SSSR count). The molecule has 0 amide bonds. The van der Waals surface area contributed by atoms with Crippen molar-refractivity contribution >= 4 is 15.9 Å². The lowest BCUT2D eigenvalue weighted by atomic mass is 9.83. The Kier molecular flexibility index (Phi) is 3.92. The Hall–Kier alpha value is -0.480. The lowest BCUT2D eigenvalue weighted by molar-refractivity contribution is 0.0808. The van der Waals surface area contributed by atoms with Crippen LogP contribution in [0, 0.1) is 11.7 Å². The van der Waals surface area contributed by atoms with Gasteiger partial charge in [-0.15, -0.1) is 0 Å². The first-order valence-corrected chi connectivity index (χ1v) is 6.46. The van der Waals surface area contributed by atoms with Crippen molar-refractivity contribution in [2.24, 2.45) is 5.92 Å². The van der Waals surface area contributed by atoms with Crippen LogP contribution in [0.4, 0.5) is 4.39 Å². The second-order valence-corrected chi connectivity index (χ2v) is 5.21. The van der Waals surface area contributed by atoms with Gasteiger partial charge < -0.3 is 5.11 Å². The summed E-state index contributed by atoms with van der Waals surface area (Å²) in [6, 6.07) is 0. The highest BCUT2D eigenvalue weighted by Crippen LogP contribution is 2.37. The van der Waals surface area contributed by atoms with E-state index in [2.05, 4.69) is 20.9 Å². The van der Waals surface area contributed by atoms with E-state index in [4.69, 9.17) is 0 Å². The van der Waals surface area contributed by atoms with Crippen molar-refractivity contribution in [3.63, 3.8) is 0 Å². The summed E-state index contributed by atoms with van der Waals surface area (Å²) in [6.07, 6.45) is 7.43. The van der Waals surface area contributed by atoms with Crippen LogP contribution in [-0.4, -0.2) is 10.1 Å². The summed E-state index contributed by atoms with van der Waals surface area (Å²) < 4.78 is 14.2. The van der Waals surface area contributed by atoms with Gasteiger partial charge in [0.25, 0.3) is 0 Å². The highest BCUT2D eigenvalue weighted by atomic mass is 79.9. The number of pyridine rings is 1. The van der Waals surface area contributed by atoms with E-state index < -0.39 is 11.9 Å². The zero-order chi connectivity index (χ0) is 11.5. The normalized spacial score (nSPS) is 19.7. The average Bonchev–Trinajstić information content (AvgIpc) is 2.30. The van der Waals surface area contributed by atoms with Crippen LogP contribution in [0.15, 0.2) is 16.9 Å². The molecule has 1 unspecified atom stereocenters. The first-order valence-electron chi connectivity index (χ1n) is 5.67. The lowest BCUT2D eigenvalue weighted by Crippen LogP contribution is -2.17. The van der Waals surface area contributed by atoms with Crippen molar-refractivity contribution in [1.82, 2.24) is 4.98 Å². The van der Waals surface area contributed by atoms with Gasteiger partial charge in [-0.1, -0.05) is 19.3 Å². The Labute approximate surface area is 103 Å². The summed E-state index contributed by atoms with van der Waals surface area (Å²) >= 11 is 3.25. The van der Waals surface area contributed by atoms with Gasteiger partial charge in [0.05, 0.1) is 12.3 Å². The van der Waals surface area contributed by atoms with Gasteiger partial charge in [-0.25, -0.2) is 4.39 Å². The SMILES string of the molecule is OC(c1c(F)cncc1Br)C1CCCCC1. The maximum atomic E-state index is 13.6. The van der Waals surface area contributed by atoms with Gasteiger partial charge in [0.1, 0.15) is 5.82 Å². The maximum absolute atomic E-state index is 13.6. The molecule has 88 valence electrons. The van der Waals surface area contributed by atoms with Crippen molar-refractivity contribution < 1.29 is 9.50 Å². The van der Waals surface area contributed by atoms with Crippen LogP contribution in [0.25, 0.3) is 0 Å². The third-order valence-electron chi connectivity index (χ3n) is 3.28. The molecule has 0 aromatic carbocycles. The second kappa shape index (κ2) is 5.23. The molecule has 0 spiro atoms. The van der Waals surface area contributed by atoms with Crippen molar-refractivity contribution in [3.05, 3.63) is 28.2 Å². The minimum absolute atomic E-state index is 0.182. The Balaban J connectivity index is 2.22. The number of rotatable bonds is 2. The van der Waals surface area contributed by atoms with Gasteiger partial charge >= 0.3 is 0 Å². The van der Waals surface area contributed by atoms with Crippen LogP contribution in [0.2, 0.25) is 0 Å². The predicted octanol–water partition coefficient (Wildman–Crippen LogP) is 3.60. The van der Waals surface area contributed by atoms with Crippen molar-refractivity contribution in [3.8, 4) is 0 Å². The highest BCUT2D eigenvalue weighted by molar-refractivity contribution is 9.10. The quantitative estimate of drug-likeness (QED) is 0.902. The smallest absolute Gasteiger partial charge is 0.148 e. The molecule has 16 heavy (non-hydrogen) atoms. The number of aromatic nitrogens is 1. The van der Waals surface area contributed by atoms with E-state index in [1.54, 1.807) is 0 Å². The van der Waals surface area contributed by atoms with E-state index in [0.29, 0.717) is 10.0 Å². The molecule has 1 aromatic rings. The van der Waals surface area contributed by atoms with Crippen molar-refractivity contribution in [2.45, 2.75) is 38.2 Å². The van der Waals surface area contributed by atoms with Crippen LogP contribution in [0.3, 0.4) is 0 Å². The highest BCUT2D eigenvalue weighted by Gasteiger charge is 2.26. The van der Waals surface area contributed by atoms with Gasteiger partial charge in [-0.05, 0) is 34.7 Å². The summed E-state index contributed by atoms with van der Waals surface area (Å²) in [5, 5.41) is 10.2. The maximum Gasteiger partial charge on any atom is 0.148 e. The third-order valence-corrected chi connectivity index (χ3v) is 3.91. The standard InChI is InChI=1S/C12H15BrFNO/c13-9-6-15-7-10(14)11(9)12(16)8-4-2-1-3-5-8/h6-8,12,16H,1-5H2. The van der Waals surface area contributed by atoms with Crippen molar-refractivity contribution in [2.75, 3.05) is 0 Å². The molecule has 1 aliphatic carbocycles. The Morgan fingerprint density at radius 3 is 2.62 bits per heavy atom. The number of hydrogen-bond acceptors (Lipinski definition) is 2. The van der Waals surface area contributed by atoms with Gasteiger partial charge in [0, 0.05) is 16.2 Å². The van der Waals surface area contributed by atoms with E-state index >= 15 is 0 Å². The summed E-state index contributed by atoms with van der Waals surface area (Å²) in [6.45, 7) is 0. The van der Waals surface area contributed by atoms with E-state index in [0.717, 1.165) is 31.9 Å². The predicted molar refractivity (Wildman–Crippen MR) is 63.4 cm³/mol. The minimum Gasteiger partial charge on any atom is -0.388 e. The fraction of sp³-hybridized carbons (Fsp3) is 0.583. The zero-order valence-electron chi connectivity index (χ0n) is 9.00. The summed E-state index contributed by atoms with van der Waals surface area (Å²) in [5.41, 5.74) is 0.363.